The van der Waals surface area contributed by atoms with Crippen molar-refractivity contribution in [2.45, 2.75) is 19.9 Å². The van der Waals surface area contributed by atoms with Gasteiger partial charge in [0.25, 0.3) is 0 Å². The summed E-state index contributed by atoms with van der Waals surface area (Å²) in [6.07, 6.45) is 1.09. The molecule has 1 aliphatic heterocycles. The van der Waals surface area contributed by atoms with Gasteiger partial charge >= 0.3 is 0 Å². The molecule has 1 aromatic rings. The Bertz CT molecular complexity index is 482. The first kappa shape index (κ1) is 15.6. The summed E-state index contributed by atoms with van der Waals surface area (Å²) in [5.74, 6) is 2.23. The third-order valence-corrected chi connectivity index (χ3v) is 3.63. The van der Waals surface area contributed by atoms with Crippen molar-refractivity contribution in [2.24, 2.45) is 10.9 Å². The van der Waals surface area contributed by atoms with E-state index < -0.39 is 0 Å². The van der Waals surface area contributed by atoms with Crippen LogP contribution in [-0.2, 0) is 11.3 Å². The lowest BCUT2D eigenvalue weighted by molar-refractivity contribution is 0.166. The topological polar surface area (TPSA) is 54.9 Å². The van der Waals surface area contributed by atoms with Crippen molar-refractivity contribution in [2.75, 3.05) is 33.9 Å². The average Bonchev–Trinajstić information content (AvgIpc) is 3.01. The molecule has 0 spiro atoms. The number of benzene rings is 1. The molecular formula is C16H25N3O2. The van der Waals surface area contributed by atoms with Crippen molar-refractivity contribution in [3.63, 3.8) is 0 Å². The van der Waals surface area contributed by atoms with Gasteiger partial charge in [-0.1, -0.05) is 12.1 Å². The molecule has 2 N–H and O–H groups in total. The van der Waals surface area contributed by atoms with E-state index in [0.717, 1.165) is 43.5 Å². The van der Waals surface area contributed by atoms with Crippen molar-refractivity contribution < 1.29 is 9.47 Å². The summed E-state index contributed by atoms with van der Waals surface area (Å²) in [7, 11) is 3.60. The number of nitrogens with zero attached hydrogens (tertiary/aromatic N) is 1. The standard InChI is InChI=1S/C16H25N3O2/c1-12-4-5-14(9-19-16(17-2)18-3)15(8-12)21-11-13-6-7-20-10-13/h4-5,8,13H,6-7,9-11H2,1-3H3,(H2,17,18,19). The van der Waals surface area contributed by atoms with E-state index >= 15 is 0 Å². The van der Waals surface area contributed by atoms with E-state index in [9.17, 15) is 0 Å². The molecule has 1 aromatic carbocycles. The van der Waals surface area contributed by atoms with Crippen LogP contribution in [0.3, 0.4) is 0 Å². The Kier molecular flexibility index (Phi) is 5.87. The van der Waals surface area contributed by atoms with Crippen LogP contribution in [0.5, 0.6) is 5.75 Å². The summed E-state index contributed by atoms with van der Waals surface area (Å²) in [4.78, 5) is 4.11. The SMILES string of the molecule is CN=C(NC)NCc1ccc(C)cc1OCC1CCOC1. The number of ether oxygens (including phenoxy) is 2. The molecule has 0 radical (unpaired) electrons. The van der Waals surface area contributed by atoms with Gasteiger partial charge in [0.05, 0.1) is 13.2 Å². The number of aryl methyl sites for hydroxylation is 1. The van der Waals surface area contributed by atoms with Crippen LogP contribution in [0.25, 0.3) is 0 Å². The predicted octanol–water partition coefficient (Wildman–Crippen LogP) is 1.71. The van der Waals surface area contributed by atoms with E-state index in [1.54, 1.807) is 7.05 Å². The molecule has 0 bridgehead atoms. The minimum Gasteiger partial charge on any atom is -0.493 e. The van der Waals surface area contributed by atoms with Gasteiger partial charge in [0.15, 0.2) is 5.96 Å². The van der Waals surface area contributed by atoms with Crippen LogP contribution in [0.4, 0.5) is 0 Å². The maximum atomic E-state index is 6.02. The normalized spacial score (nSPS) is 18.6. The fraction of sp³-hybridized carbons (Fsp3) is 0.562. The molecule has 1 fully saturated rings. The summed E-state index contributed by atoms with van der Waals surface area (Å²) in [6.45, 7) is 5.15. The minimum atomic E-state index is 0.511. The number of guanidine groups is 1. The zero-order chi connectivity index (χ0) is 15.1. The number of hydrogen-bond acceptors (Lipinski definition) is 3. The van der Waals surface area contributed by atoms with Gasteiger partial charge in [-0.3, -0.25) is 4.99 Å². The van der Waals surface area contributed by atoms with Crippen molar-refractivity contribution in [3.05, 3.63) is 29.3 Å². The van der Waals surface area contributed by atoms with E-state index in [-0.39, 0.29) is 0 Å². The van der Waals surface area contributed by atoms with Gasteiger partial charge < -0.3 is 20.1 Å². The van der Waals surface area contributed by atoms with Crippen LogP contribution >= 0.6 is 0 Å². The Labute approximate surface area is 126 Å². The van der Waals surface area contributed by atoms with Crippen LogP contribution in [0.15, 0.2) is 23.2 Å². The maximum absolute atomic E-state index is 6.02. The molecule has 1 aliphatic rings. The maximum Gasteiger partial charge on any atom is 0.190 e. The summed E-state index contributed by atoms with van der Waals surface area (Å²) < 4.78 is 11.4. The fourth-order valence-corrected chi connectivity index (χ4v) is 2.32. The van der Waals surface area contributed by atoms with Gasteiger partial charge in [0, 0.05) is 38.7 Å². The smallest absolute Gasteiger partial charge is 0.190 e. The highest BCUT2D eigenvalue weighted by Gasteiger charge is 2.17. The molecule has 21 heavy (non-hydrogen) atoms. The van der Waals surface area contributed by atoms with E-state index in [1.165, 1.54) is 5.56 Å². The molecule has 1 saturated heterocycles. The molecular weight excluding hydrogens is 266 g/mol. The van der Waals surface area contributed by atoms with Gasteiger partial charge in [-0.2, -0.15) is 0 Å². The van der Waals surface area contributed by atoms with Gasteiger partial charge in [-0.05, 0) is 25.0 Å². The van der Waals surface area contributed by atoms with Crippen molar-refractivity contribution in [1.29, 1.82) is 0 Å². The molecule has 1 atom stereocenters. The van der Waals surface area contributed by atoms with E-state index in [0.29, 0.717) is 12.5 Å². The Balaban J connectivity index is 1.98. The predicted molar refractivity (Wildman–Crippen MR) is 84.9 cm³/mol. The number of aliphatic imine (C=N–C) groups is 1. The third kappa shape index (κ3) is 4.63. The van der Waals surface area contributed by atoms with Crippen LogP contribution in [0.2, 0.25) is 0 Å². The van der Waals surface area contributed by atoms with Crippen LogP contribution < -0.4 is 15.4 Å². The first-order valence-electron chi connectivity index (χ1n) is 7.41. The molecule has 0 amide bonds. The lowest BCUT2D eigenvalue weighted by Gasteiger charge is -2.16. The summed E-state index contributed by atoms with van der Waals surface area (Å²) in [6, 6.07) is 6.30. The lowest BCUT2D eigenvalue weighted by Crippen LogP contribution is -2.34. The monoisotopic (exact) mass is 291 g/mol. The molecule has 5 heteroatoms. The Morgan fingerprint density at radius 2 is 2.33 bits per heavy atom. The average molecular weight is 291 g/mol. The lowest BCUT2D eigenvalue weighted by atomic mass is 10.1. The Morgan fingerprint density at radius 1 is 1.48 bits per heavy atom. The molecule has 116 valence electrons. The highest BCUT2D eigenvalue weighted by atomic mass is 16.5. The summed E-state index contributed by atoms with van der Waals surface area (Å²) in [5.41, 5.74) is 2.34. The molecule has 1 heterocycles. The second-order valence-corrected chi connectivity index (χ2v) is 5.33. The fourth-order valence-electron chi connectivity index (χ4n) is 2.32. The second-order valence-electron chi connectivity index (χ2n) is 5.33. The molecule has 0 saturated carbocycles. The number of nitrogens with one attached hydrogen (secondary N) is 2. The second kappa shape index (κ2) is 7.88. The van der Waals surface area contributed by atoms with E-state index in [2.05, 4.69) is 40.7 Å². The number of hydrogen-bond donors (Lipinski definition) is 2. The van der Waals surface area contributed by atoms with Gasteiger partial charge in [0.1, 0.15) is 5.75 Å². The van der Waals surface area contributed by atoms with E-state index in [1.807, 2.05) is 7.05 Å². The Hall–Kier alpha value is -1.75. The van der Waals surface area contributed by atoms with Crippen LogP contribution in [0.1, 0.15) is 17.5 Å². The van der Waals surface area contributed by atoms with Gasteiger partial charge in [-0.15, -0.1) is 0 Å². The largest absolute Gasteiger partial charge is 0.493 e. The molecule has 0 aliphatic carbocycles. The highest BCUT2D eigenvalue weighted by Crippen LogP contribution is 2.22. The van der Waals surface area contributed by atoms with Crippen molar-refractivity contribution in [1.82, 2.24) is 10.6 Å². The molecule has 0 aromatic heterocycles. The first-order valence-corrected chi connectivity index (χ1v) is 7.41. The van der Waals surface area contributed by atoms with Gasteiger partial charge in [0.2, 0.25) is 0 Å². The number of rotatable bonds is 5. The van der Waals surface area contributed by atoms with Gasteiger partial charge in [-0.25, -0.2) is 0 Å². The van der Waals surface area contributed by atoms with Crippen LogP contribution in [-0.4, -0.2) is 39.9 Å². The molecule has 2 rings (SSSR count). The van der Waals surface area contributed by atoms with Crippen LogP contribution in [0, 0.1) is 12.8 Å². The first-order chi connectivity index (χ1) is 10.2. The summed E-state index contributed by atoms with van der Waals surface area (Å²) >= 11 is 0. The zero-order valence-electron chi connectivity index (χ0n) is 13.1. The minimum absolute atomic E-state index is 0.511. The van der Waals surface area contributed by atoms with Crippen molar-refractivity contribution in [3.8, 4) is 5.75 Å². The third-order valence-electron chi connectivity index (χ3n) is 3.63. The van der Waals surface area contributed by atoms with E-state index in [4.69, 9.17) is 9.47 Å². The quantitative estimate of drug-likeness (QED) is 0.640. The Morgan fingerprint density at radius 3 is 3.00 bits per heavy atom. The zero-order valence-corrected chi connectivity index (χ0v) is 13.1. The molecule has 5 nitrogen and oxygen atoms in total. The van der Waals surface area contributed by atoms with Crippen molar-refractivity contribution >= 4 is 5.96 Å². The molecule has 1 unspecified atom stereocenters. The highest BCUT2D eigenvalue weighted by molar-refractivity contribution is 5.79. The summed E-state index contributed by atoms with van der Waals surface area (Å²) in [5, 5.41) is 6.27.